The predicted molar refractivity (Wildman–Crippen MR) is 48.2 cm³/mol. The fourth-order valence-corrected chi connectivity index (χ4v) is 1.22. The third kappa shape index (κ3) is 2.67. The molecule has 0 N–H and O–H groups in total. The molecular formula is C8H11N3O3. The van der Waals surface area contributed by atoms with E-state index in [2.05, 4.69) is 14.8 Å². The van der Waals surface area contributed by atoms with Gasteiger partial charge in [-0.2, -0.15) is 0 Å². The highest BCUT2D eigenvalue weighted by Gasteiger charge is 2.24. The minimum absolute atomic E-state index is 0.0930. The van der Waals surface area contributed by atoms with Crippen molar-refractivity contribution in [3.05, 3.63) is 22.8 Å². The van der Waals surface area contributed by atoms with Gasteiger partial charge in [0, 0.05) is 17.8 Å². The topological polar surface area (TPSA) is 84.3 Å². The second-order valence-corrected chi connectivity index (χ2v) is 2.85. The molecule has 2 atom stereocenters. The lowest BCUT2D eigenvalue weighted by Crippen LogP contribution is -2.24. The third-order valence-corrected chi connectivity index (χ3v) is 1.92. The molecule has 0 saturated carbocycles. The van der Waals surface area contributed by atoms with E-state index in [1.165, 1.54) is 7.11 Å². The lowest BCUT2D eigenvalue weighted by molar-refractivity contribution is -0.142. The largest absolute Gasteiger partial charge is 0.498 e. The number of esters is 1. The first kappa shape index (κ1) is 10.4. The van der Waals surface area contributed by atoms with E-state index in [9.17, 15) is 4.79 Å². The van der Waals surface area contributed by atoms with Crippen molar-refractivity contribution in [3.8, 4) is 0 Å². The van der Waals surface area contributed by atoms with Crippen LogP contribution in [0.15, 0.2) is 17.5 Å². The molecule has 2 unspecified atom stereocenters. The maximum atomic E-state index is 11.1. The van der Waals surface area contributed by atoms with Crippen LogP contribution in [0.4, 0.5) is 0 Å². The Morgan fingerprint density at radius 3 is 3.21 bits per heavy atom. The first-order valence-electron chi connectivity index (χ1n) is 4.20. The minimum atomic E-state index is -0.796. The van der Waals surface area contributed by atoms with E-state index in [1.807, 2.05) is 6.08 Å². The van der Waals surface area contributed by atoms with Crippen LogP contribution in [0.25, 0.3) is 10.4 Å². The van der Waals surface area contributed by atoms with E-state index in [4.69, 9.17) is 10.3 Å². The summed E-state index contributed by atoms with van der Waals surface area (Å²) >= 11 is 0. The van der Waals surface area contributed by atoms with Crippen LogP contribution in [0, 0.1) is 0 Å². The number of azide groups is 1. The Balaban J connectivity index is 2.50. The van der Waals surface area contributed by atoms with Gasteiger partial charge >= 0.3 is 5.97 Å². The molecule has 0 amide bonds. The number of methoxy groups -OCH3 is 1. The van der Waals surface area contributed by atoms with Crippen LogP contribution in [0.3, 0.4) is 0 Å². The highest BCUT2D eigenvalue weighted by atomic mass is 16.5. The number of carbonyl (C=O) groups is 1. The molecule has 6 nitrogen and oxygen atoms in total. The van der Waals surface area contributed by atoms with Crippen LogP contribution < -0.4 is 0 Å². The molecule has 0 radical (unpaired) electrons. The Hall–Kier alpha value is -1.68. The number of hydrogen-bond donors (Lipinski definition) is 0. The number of hydrogen-bond acceptors (Lipinski definition) is 4. The molecule has 1 heterocycles. The van der Waals surface area contributed by atoms with Gasteiger partial charge in [-0.15, -0.1) is 0 Å². The van der Waals surface area contributed by atoms with Crippen LogP contribution in [0.2, 0.25) is 0 Å². The molecule has 1 aliphatic heterocycles. The number of ether oxygens (including phenoxy) is 2. The van der Waals surface area contributed by atoms with E-state index in [-0.39, 0.29) is 6.10 Å². The highest BCUT2D eigenvalue weighted by molar-refractivity contribution is 5.75. The molecule has 1 rings (SSSR count). The van der Waals surface area contributed by atoms with E-state index in [0.717, 1.165) is 6.42 Å². The summed E-state index contributed by atoms with van der Waals surface area (Å²) in [5.74, 6) is -0.529. The van der Waals surface area contributed by atoms with Crippen LogP contribution in [0.5, 0.6) is 0 Å². The molecule has 0 aliphatic carbocycles. The fraction of sp³-hybridized carbons (Fsp3) is 0.625. The molecule has 0 aromatic carbocycles. The Bertz CT molecular complexity index is 276. The molecule has 0 spiro atoms. The summed E-state index contributed by atoms with van der Waals surface area (Å²) in [6.45, 7) is 0. The van der Waals surface area contributed by atoms with Crippen molar-refractivity contribution in [3.63, 3.8) is 0 Å². The van der Waals surface area contributed by atoms with Crippen LogP contribution >= 0.6 is 0 Å². The Morgan fingerprint density at radius 1 is 1.93 bits per heavy atom. The number of nitrogens with zero attached hydrogens (tertiary/aromatic N) is 3. The van der Waals surface area contributed by atoms with E-state index >= 15 is 0 Å². The summed E-state index contributed by atoms with van der Waals surface area (Å²) in [6, 6.07) is -0.796. The van der Waals surface area contributed by atoms with Gasteiger partial charge in [-0.1, -0.05) is 5.11 Å². The van der Waals surface area contributed by atoms with Gasteiger partial charge in [0.05, 0.1) is 13.4 Å². The lowest BCUT2D eigenvalue weighted by Gasteiger charge is -2.13. The van der Waals surface area contributed by atoms with Crippen LogP contribution in [-0.4, -0.2) is 25.2 Å². The van der Waals surface area contributed by atoms with Crippen molar-refractivity contribution in [2.45, 2.75) is 25.0 Å². The van der Waals surface area contributed by atoms with Crippen molar-refractivity contribution < 1.29 is 14.3 Å². The number of rotatable bonds is 4. The second-order valence-electron chi connectivity index (χ2n) is 2.85. The summed E-state index contributed by atoms with van der Waals surface area (Å²) in [4.78, 5) is 13.7. The normalized spacial score (nSPS) is 20.8. The lowest BCUT2D eigenvalue weighted by atomic mass is 10.1. The van der Waals surface area contributed by atoms with Crippen LogP contribution in [-0.2, 0) is 14.3 Å². The zero-order valence-electron chi connectivity index (χ0n) is 7.79. The van der Waals surface area contributed by atoms with Gasteiger partial charge in [-0.05, 0) is 11.6 Å². The van der Waals surface area contributed by atoms with Crippen molar-refractivity contribution in [2.75, 3.05) is 7.11 Å². The molecule has 1 aliphatic rings. The summed E-state index contributed by atoms with van der Waals surface area (Å²) in [7, 11) is 1.26. The molecule has 0 aromatic heterocycles. The quantitative estimate of drug-likeness (QED) is 0.296. The summed E-state index contributed by atoms with van der Waals surface area (Å²) in [5, 5.41) is 3.36. The van der Waals surface area contributed by atoms with Gasteiger partial charge in [0.15, 0.2) is 0 Å². The van der Waals surface area contributed by atoms with Crippen molar-refractivity contribution in [2.24, 2.45) is 5.11 Å². The van der Waals surface area contributed by atoms with Crippen molar-refractivity contribution >= 4 is 5.97 Å². The highest BCUT2D eigenvalue weighted by Crippen LogP contribution is 2.16. The summed E-state index contributed by atoms with van der Waals surface area (Å²) in [6.07, 6.45) is 4.42. The van der Waals surface area contributed by atoms with Crippen molar-refractivity contribution in [1.29, 1.82) is 0 Å². The fourth-order valence-electron chi connectivity index (χ4n) is 1.22. The zero-order chi connectivity index (χ0) is 10.4. The average molecular weight is 197 g/mol. The van der Waals surface area contributed by atoms with E-state index in [0.29, 0.717) is 6.42 Å². The Morgan fingerprint density at radius 2 is 2.71 bits per heavy atom. The molecule has 0 saturated heterocycles. The monoisotopic (exact) mass is 197 g/mol. The van der Waals surface area contributed by atoms with Crippen molar-refractivity contribution in [1.82, 2.24) is 0 Å². The average Bonchev–Trinajstić information content (AvgIpc) is 2.68. The standard InChI is InChI=1S/C8H11N3O3/c1-13-8(12)7(10-11-9)5-6-3-2-4-14-6/h2,4,6-7H,3,5H2,1H3. The smallest absolute Gasteiger partial charge is 0.314 e. The third-order valence-electron chi connectivity index (χ3n) is 1.92. The van der Waals surface area contributed by atoms with Gasteiger partial charge in [0.25, 0.3) is 0 Å². The molecule has 6 heteroatoms. The SMILES string of the molecule is COC(=O)C(CC1CC=CO1)N=[N+]=[N-]. The Labute approximate surface area is 81.1 Å². The van der Waals surface area contributed by atoms with Gasteiger partial charge in [-0.25, -0.2) is 0 Å². The minimum Gasteiger partial charge on any atom is -0.498 e. The van der Waals surface area contributed by atoms with Gasteiger partial charge in [-0.3, -0.25) is 4.79 Å². The van der Waals surface area contributed by atoms with Gasteiger partial charge in [0.2, 0.25) is 0 Å². The van der Waals surface area contributed by atoms with Gasteiger partial charge in [0.1, 0.15) is 12.1 Å². The molecule has 14 heavy (non-hydrogen) atoms. The zero-order valence-corrected chi connectivity index (χ0v) is 7.79. The maximum absolute atomic E-state index is 11.1. The molecule has 76 valence electrons. The van der Waals surface area contributed by atoms with Crippen LogP contribution in [0.1, 0.15) is 12.8 Å². The second kappa shape index (κ2) is 5.14. The summed E-state index contributed by atoms with van der Waals surface area (Å²) in [5.41, 5.74) is 8.25. The van der Waals surface area contributed by atoms with E-state index < -0.39 is 12.0 Å². The van der Waals surface area contributed by atoms with E-state index in [1.54, 1.807) is 6.26 Å². The molecule has 0 bridgehead atoms. The molecular weight excluding hydrogens is 186 g/mol. The summed E-state index contributed by atoms with van der Waals surface area (Å²) < 4.78 is 9.65. The van der Waals surface area contributed by atoms with Gasteiger partial charge < -0.3 is 9.47 Å². The number of carbonyl (C=O) groups excluding carboxylic acids is 1. The first-order valence-corrected chi connectivity index (χ1v) is 4.20. The molecule has 0 fully saturated rings. The maximum Gasteiger partial charge on any atom is 0.314 e. The molecule has 0 aromatic rings. The first-order chi connectivity index (χ1) is 6.77. The predicted octanol–water partition coefficient (Wildman–Crippen LogP) is 1.53. The Kier molecular flexibility index (Phi) is 3.82.